The molecule has 4 aromatic rings. The fraction of sp³-hybridized carbons (Fsp3) is 0.318. The summed E-state index contributed by atoms with van der Waals surface area (Å²) in [7, 11) is -0.626. The molecule has 9 nitrogen and oxygen atoms in total. The number of pyridine rings is 1. The topological polar surface area (TPSA) is 120 Å². The quantitative estimate of drug-likeness (QED) is 0.413. The molecule has 3 aromatic heterocycles. The molecule has 0 spiro atoms. The molecule has 0 fully saturated rings. The zero-order valence-electron chi connectivity index (χ0n) is 19.0. The van der Waals surface area contributed by atoms with Crippen LogP contribution in [0.4, 0.5) is 5.69 Å². The van der Waals surface area contributed by atoms with Gasteiger partial charge in [0.15, 0.2) is 0 Å². The molecule has 1 aromatic carbocycles. The van der Waals surface area contributed by atoms with E-state index in [0.29, 0.717) is 33.3 Å². The molecule has 0 saturated carbocycles. The molecule has 0 radical (unpaired) electrons. The number of carbonyl (C=O) groups is 1. The normalized spacial score (nSPS) is 12.2. The number of carbonyl (C=O) groups excluding carboxylic acids is 1. The molecule has 0 amide bonds. The van der Waals surface area contributed by atoms with Crippen molar-refractivity contribution in [1.29, 1.82) is 0 Å². The van der Waals surface area contributed by atoms with E-state index in [4.69, 9.17) is 10.5 Å². The molecule has 0 bridgehead atoms. The summed E-state index contributed by atoms with van der Waals surface area (Å²) in [6, 6.07) is 6.72. The standard InChI is InChI=1S/C22H25N5O4S2/c1-6-27-16-8-7-14(33(29,30)26(4)5)10-15(16)25-17(27)11-31-22(28)20-19(23)18-12(2)9-13(3)24-21(18)32-20/h7-10H,6,11,23H2,1-5H3. The molecular formula is C22H25N5O4S2. The van der Waals surface area contributed by atoms with Crippen LogP contribution in [-0.4, -0.2) is 47.3 Å². The fourth-order valence-corrected chi connectivity index (χ4v) is 5.84. The smallest absolute Gasteiger partial charge is 0.350 e. The number of aryl methyl sites for hydroxylation is 3. The minimum atomic E-state index is -3.58. The summed E-state index contributed by atoms with van der Waals surface area (Å²) in [4.78, 5) is 23.0. The largest absolute Gasteiger partial charge is 0.453 e. The van der Waals surface area contributed by atoms with Crippen LogP contribution in [-0.2, 0) is 27.9 Å². The van der Waals surface area contributed by atoms with Crippen LogP contribution >= 0.6 is 11.3 Å². The van der Waals surface area contributed by atoms with Gasteiger partial charge in [0, 0.05) is 31.7 Å². The zero-order valence-corrected chi connectivity index (χ0v) is 20.7. The first-order valence-electron chi connectivity index (χ1n) is 10.3. The second-order valence-corrected chi connectivity index (χ2v) is 11.0. The maximum atomic E-state index is 12.8. The van der Waals surface area contributed by atoms with Gasteiger partial charge >= 0.3 is 5.97 Å². The van der Waals surface area contributed by atoms with Crippen molar-refractivity contribution in [2.45, 2.75) is 38.8 Å². The van der Waals surface area contributed by atoms with E-state index < -0.39 is 16.0 Å². The number of fused-ring (bicyclic) bond motifs is 2. The molecule has 174 valence electrons. The Labute approximate surface area is 195 Å². The van der Waals surface area contributed by atoms with Gasteiger partial charge in [-0.25, -0.2) is 27.5 Å². The van der Waals surface area contributed by atoms with Gasteiger partial charge in [0.2, 0.25) is 10.0 Å². The highest BCUT2D eigenvalue weighted by molar-refractivity contribution is 7.89. The number of aromatic nitrogens is 3. The number of sulfonamides is 1. The maximum Gasteiger partial charge on any atom is 0.350 e. The van der Waals surface area contributed by atoms with Crippen molar-refractivity contribution in [2.24, 2.45) is 0 Å². The Morgan fingerprint density at radius 2 is 1.94 bits per heavy atom. The molecule has 4 rings (SSSR count). The summed E-state index contributed by atoms with van der Waals surface area (Å²) in [6.45, 7) is 6.28. The van der Waals surface area contributed by atoms with Gasteiger partial charge in [0.25, 0.3) is 0 Å². The van der Waals surface area contributed by atoms with Crippen LogP contribution in [0.5, 0.6) is 0 Å². The third-order valence-corrected chi connectivity index (χ3v) is 8.33. The number of esters is 1. The second kappa shape index (κ2) is 8.40. The molecule has 0 aliphatic heterocycles. The summed E-state index contributed by atoms with van der Waals surface area (Å²) in [5.74, 6) is -0.0248. The number of ether oxygens (including phenoxy) is 1. The maximum absolute atomic E-state index is 12.8. The number of anilines is 1. The van der Waals surface area contributed by atoms with Crippen LogP contribution in [0.15, 0.2) is 29.2 Å². The van der Waals surface area contributed by atoms with E-state index in [1.165, 1.54) is 31.5 Å². The molecule has 11 heteroatoms. The molecule has 0 aliphatic rings. The van der Waals surface area contributed by atoms with Crippen LogP contribution in [0.25, 0.3) is 21.3 Å². The number of nitrogens with two attached hydrogens (primary N) is 1. The minimum Gasteiger partial charge on any atom is -0.453 e. The van der Waals surface area contributed by atoms with Gasteiger partial charge in [-0.05, 0) is 50.6 Å². The number of hydrogen-bond acceptors (Lipinski definition) is 8. The predicted octanol–water partition coefficient (Wildman–Crippen LogP) is 3.47. The van der Waals surface area contributed by atoms with Gasteiger partial charge in [0.05, 0.1) is 21.6 Å². The molecule has 0 atom stereocenters. The lowest BCUT2D eigenvalue weighted by atomic mass is 10.1. The highest BCUT2D eigenvalue weighted by Gasteiger charge is 2.22. The number of hydrogen-bond donors (Lipinski definition) is 1. The zero-order chi connectivity index (χ0) is 24.1. The molecule has 33 heavy (non-hydrogen) atoms. The van der Waals surface area contributed by atoms with Crippen molar-refractivity contribution in [3.63, 3.8) is 0 Å². The Kier molecular flexibility index (Phi) is 5.89. The first-order valence-corrected chi connectivity index (χ1v) is 12.5. The van der Waals surface area contributed by atoms with Crippen LogP contribution in [0.3, 0.4) is 0 Å². The van der Waals surface area contributed by atoms with Crippen molar-refractivity contribution < 1.29 is 17.9 Å². The van der Waals surface area contributed by atoms with Crippen molar-refractivity contribution in [1.82, 2.24) is 18.8 Å². The second-order valence-electron chi connectivity index (χ2n) is 7.89. The molecule has 3 heterocycles. The lowest BCUT2D eigenvalue weighted by Gasteiger charge is -2.11. The van der Waals surface area contributed by atoms with E-state index in [0.717, 1.165) is 26.5 Å². The Hall–Kier alpha value is -3.02. The predicted molar refractivity (Wildman–Crippen MR) is 129 cm³/mol. The third-order valence-electron chi connectivity index (χ3n) is 5.44. The number of rotatable bonds is 6. The number of nitrogens with zero attached hydrogens (tertiary/aromatic N) is 4. The fourth-order valence-electron chi connectivity index (χ4n) is 3.81. The van der Waals surface area contributed by atoms with Crippen LogP contribution in [0.2, 0.25) is 0 Å². The highest BCUT2D eigenvalue weighted by atomic mass is 32.2. The highest BCUT2D eigenvalue weighted by Crippen LogP contribution is 2.35. The Balaban J connectivity index is 1.64. The molecule has 0 aliphatic carbocycles. The molecule has 2 N–H and O–H groups in total. The van der Waals surface area contributed by atoms with E-state index in [9.17, 15) is 13.2 Å². The average molecular weight is 488 g/mol. The summed E-state index contributed by atoms with van der Waals surface area (Å²) < 4.78 is 33.5. The molecule has 0 saturated heterocycles. The van der Waals surface area contributed by atoms with Crippen molar-refractivity contribution in [3.05, 3.63) is 46.2 Å². The van der Waals surface area contributed by atoms with E-state index >= 15 is 0 Å². The Morgan fingerprint density at radius 1 is 1.21 bits per heavy atom. The lowest BCUT2D eigenvalue weighted by molar-refractivity contribution is 0.0466. The van der Waals surface area contributed by atoms with Crippen LogP contribution in [0, 0.1) is 13.8 Å². The number of benzene rings is 1. The number of nitrogen functional groups attached to an aromatic ring is 1. The number of thiophene rings is 1. The average Bonchev–Trinajstić information content (AvgIpc) is 3.28. The van der Waals surface area contributed by atoms with Gasteiger partial charge in [-0.2, -0.15) is 0 Å². The number of imidazole rings is 1. The SMILES string of the molecule is CCn1c(COC(=O)c2sc3nc(C)cc(C)c3c2N)nc2cc(S(=O)(=O)N(C)C)ccc21. The van der Waals surface area contributed by atoms with Gasteiger partial charge in [-0.3, -0.25) is 0 Å². The van der Waals surface area contributed by atoms with Gasteiger partial charge in [-0.15, -0.1) is 11.3 Å². The van der Waals surface area contributed by atoms with E-state index in [1.807, 2.05) is 31.4 Å². The van der Waals surface area contributed by atoms with E-state index in [2.05, 4.69) is 9.97 Å². The third kappa shape index (κ3) is 3.96. The van der Waals surface area contributed by atoms with Crippen LogP contribution in [0.1, 0.15) is 33.7 Å². The Bertz CT molecular complexity index is 1500. The molecular weight excluding hydrogens is 462 g/mol. The summed E-state index contributed by atoms with van der Waals surface area (Å²) in [5.41, 5.74) is 9.71. The summed E-state index contributed by atoms with van der Waals surface area (Å²) in [5, 5.41) is 0.771. The van der Waals surface area contributed by atoms with E-state index in [1.54, 1.807) is 12.1 Å². The van der Waals surface area contributed by atoms with Crippen molar-refractivity contribution in [2.75, 3.05) is 19.8 Å². The van der Waals surface area contributed by atoms with Gasteiger partial charge in [-0.1, -0.05) is 0 Å². The Morgan fingerprint density at radius 3 is 2.61 bits per heavy atom. The van der Waals surface area contributed by atoms with Crippen molar-refractivity contribution in [3.8, 4) is 0 Å². The summed E-state index contributed by atoms with van der Waals surface area (Å²) >= 11 is 1.21. The van der Waals surface area contributed by atoms with Gasteiger partial charge < -0.3 is 15.0 Å². The first-order chi connectivity index (χ1) is 15.5. The van der Waals surface area contributed by atoms with Gasteiger partial charge in [0.1, 0.15) is 22.1 Å². The van der Waals surface area contributed by atoms with Crippen LogP contribution < -0.4 is 5.73 Å². The molecule has 0 unspecified atom stereocenters. The minimum absolute atomic E-state index is 0.0732. The first kappa shape index (κ1) is 23.1. The lowest BCUT2D eigenvalue weighted by Crippen LogP contribution is -2.22. The summed E-state index contributed by atoms with van der Waals surface area (Å²) in [6.07, 6.45) is 0. The van der Waals surface area contributed by atoms with E-state index in [-0.39, 0.29) is 11.5 Å². The van der Waals surface area contributed by atoms with Crippen molar-refractivity contribution >= 4 is 54.3 Å². The monoisotopic (exact) mass is 487 g/mol.